The molecule has 146 valence electrons. The number of amides is 2. The number of ether oxygens (including phenoxy) is 1. The summed E-state index contributed by atoms with van der Waals surface area (Å²) < 4.78 is 19.3. The Kier molecular flexibility index (Phi) is 6.65. The second-order valence-electron chi connectivity index (χ2n) is 6.03. The maximum absolute atomic E-state index is 13.7. The molecule has 0 aliphatic carbocycles. The first-order chi connectivity index (χ1) is 13.4. The zero-order valence-corrected chi connectivity index (χ0v) is 17.2. The molecule has 2 amide bonds. The number of thioether (sulfide) groups is 1. The third kappa shape index (κ3) is 4.51. The fourth-order valence-electron chi connectivity index (χ4n) is 2.63. The van der Waals surface area contributed by atoms with Crippen LogP contribution in [0.15, 0.2) is 41.3 Å². The minimum absolute atomic E-state index is 0.0264. The van der Waals surface area contributed by atoms with Crippen molar-refractivity contribution in [2.45, 2.75) is 20.0 Å². The molecule has 0 unspecified atom stereocenters. The van der Waals surface area contributed by atoms with Crippen LogP contribution in [-0.2, 0) is 11.4 Å². The summed E-state index contributed by atoms with van der Waals surface area (Å²) in [5.41, 5.74) is 0.943. The Morgan fingerprint density at radius 3 is 2.50 bits per heavy atom. The van der Waals surface area contributed by atoms with E-state index in [9.17, 15) is 14.0 Å². The largest absolute Gasteiger partial charge is 0.486 e. The summed E-state index contributed by atoms with van der Waals surface area (Å²) in [6.45, 7) is 2.25. The van der Waals surface area contributed by atoms with Crippen molar-refractivity contribution in [1.29, 1.82) is 0 Å². The van der Waals surface area contributed by atoms with Crippen molar-refractivity contribution < 1.29 is 18.7 Å². The van der Waals surface area contributed by atoms with Gasteiger partial charge in [0.05, 0.1) is 15.0 Å². The Balaban J connectivity index is 1.79. The molecule has 2 aromatic carbocycles. The molecule has 2 aromatic rings. The minimum atomic E-state index is -0.380. The van der Waals surface area contributed by atoms with Crippen molar-refractivity contribution in [3.8, 4) is 5.75 Å². The van der Waals surface area contributed by atoms with Gasteiger partial charge in [0.25, 0.3) is 11.1 Å². The van der Waals surface area contributed by atoms with Crippen molar-refractivity contribution in [2.24, 2.45) is 0 Å². The van der Waals surface area contributed by atoms with Gasteiger partial charge in [-0.3, -0.25) is 14.5 Å². The van der Waals surface area contributed by atoms with E-state index in [1.54, 1.807) is 36.4 Å². The molecule has 0 saturated carbocycles. The molecule has 4 nitrogen and oxygen atoms in total. The molecule has 28 heavy (non-hydrogen) atoms. The molecule has 0 aromatic heterocycles. The second kappa shape index (κ2) is 8.99. The molecule has 1 aliphatic rings. The van der Waals surface area contributed by atoms with Crippen LogP contribution in [0.4, 0.5) is 9.18 Å². The van der Waals surface area contributed by atoms with E-state index in [1.165, 1.54) is 11.0 Å². The number of halogens is 3. The second-order valence-corrected chi connectivity index (χ2v) is 7.83. The van der Waals surface area contributed by atoms with Crippen LogP contribution in [0.2, 0.25) is 10.0 Å². The molecular weight excluding hydrogens is 424 g/mol. The third-order valence-corrected chi connectivity index (χ3v) is 5.44. The van der Waals surface area contributed by atoms with Crippen molar-refractivity contribution in [3.05, 3.63) is 68.3 Å². The molecule has 3 rings (SSSR count). The summed E-state index contributed by atoms with van der Waals surface area (Å²) in [5, 5.41) is 0.158. The highest BCUT2D eigenvalue weighted by atomic mass is 35.5. The van der Waals surface area contributed by atoms with Gasteiger partial charge in [-0.05, 0) is 48.0 Å². The van der Waals surface area contributed by atoms with Crippen LogP contribution in [0.3, 0.4) is 0 Å². The molecule has 0 spiro atoms. The Labute approximate surface area is 176 Å². The Hall–Kier alpha value is -2.02. The van der Waals surface area contributed by atoms with Crippen LogP contribution in [0, 0.1) is 5.82 Å². The van der Waals surface area contributed by atoms with Gasteiger partial charge in [0.15, 0.2) is 5.75 Å². The first-order valence-corrected chi connectivity index (χ1v) is 10.1. The average molecular weight is 440 g/mol. The molecular formula is C20H16Cl2FNO3S. The summed E-state index contributed by atoms with van der Waals surface area (Å²) in [6, 6.07) is 9.42. The summed E-state index contributed by atoms with van der Waals surface area (Å²) in [5.74, 6) is -0.485. The molecule has 0 bridgehead atoms. The summed E-state index contributed by atoms with van der Waals surface area (Å²) >= 11 is 13.4. The number of rotatable bonds is 6. The lowest BCUT2D eigenvalue weighted by molar-refractivity contribution is -0.122. The van der Waals surface area contributed by atoms with Gasteiger partial charge in [0, 0.05) is 12.1 Å². The van der Waals surface area contributed by atoms with Crippen molar-refractivity contribution in [3.63, 3.8) is 0 Å². The first kappa shape index (κ1) is 20.7. The van der Waals surface area contributed by atoms with Crippen LogP contribution in [0.5, 0.6) is 5.75 Å². The topological polar surface area (TPSA) is 46.6 Å². The van der Waals surface area contributed by atoms with E-state index in [0.717, 1.165) is 11.8 Å². The predicted octanol–water partition coefficient (Wildman–Crippen LogP) is 6.16. The number of hydrogen-bond acceptors (Lipinski definition) is 4. The van der Waals surface area contributed by atoms with Crippen LogP contribution in [-0.4, -0.2) is 22.6 Å². The molecule has 0 atom stereocenters. The van der Waals surface area contributed by atoms with Gasteiger partial charge < -0.3 is 4.74 Å². The van der Waals surface area contributed by atoms with E-state index in [4.69, 9.17) is 27.9 Å². The van der Waals surface area contributed by atoms with E-state index in [1.807, 2.05) is 6.92 Å². The predicted molar refractivity (Wildman–Crippen MR) is 110 cm³/mol. The lowest BCUT2D eigenvalue weighted by Crippen LogP contribution is -2.28. The van der Waals surface area contributed by atoms with Crippen LogP contribution in [0.1, 0.15) is 24.5 Å². The summed E-state index contributed by atoms with van der Waals surface area (Å²) in [7, 11) is 0. The fraction of sp³-hybridized carbons (Fsp3) is 0.200. The van der Waals surface area contributed by atoms with Gasteiger partial charge >= 0.3 is 0 Å². The van der Waals surface area contributed by atoms with Crippen LogP contribution in [0.25, 0.3) is 6.08 Å². The smallest absolute Gasteiger partial charge is 0.293 e. The molecule has 1 fully saturated rings. The highest BCUT2D eigenvalue weighted by molar-refractivity contribution is 8.18. The molecule has 0 N–H and O–H groups in total. The fourth-order valence-corrected chi connectivity index (χ4v) is 4.11. The number of carbonyl (C=O) groups excluding carboxylic acids is 2. The molecule has 1 heterocycles. The van der Waals surface area contributed by atoms with Gasteiger partial charge in [-0.15, -0.1) is 0 Å². The first-order valence-electron chi connectivity index (χ1n) is 8.51. The normalized spacial score (nSPS) is 15.6. The molecule has 0 radical (unpaired) electrons. The van der Waals surface area contributed by atoms with Gasteiger partial charge in [-0.2, -0.15) is 0 Å². The molecule has 1 saturated heterocycles. The summed E-state index contributed by atoms with van der Waals surface area (Å²) in [6.07, 6.45) is 2.26. The zero-order valence-electron chi connectivity index (χ0n) is 14.9. The van der Waals surface area contributed by atoms with E-state index in [-0.39, 0.29) is 39.4 Å². The highest BCUT2D eigenvalue weighted by Crippen LogP contribution is 2.37. The van der Waals surface area contributed by atoms with Gasteiger partial charge in [-0.25, -0.2) is 4.39 Å². The van der Waals surface area contributed by atoms with Crippen molar-refractivity contribution in [1.82, 2.24) is 4.90 Å². The Morgan fingerprint density at radius 1 is 1.18 bits per heavy atom. The number of carbonyl (C=O) groups is 2. The lowest BCUT2D eigenvalue weighted by Gasteiger charge is -2.12. The standard InChI is InChI=1S/C20H16Cl2FNO3S/c1-2-7-24-19(25)17(28-20(24)26)10-12-8-14(21)18(15(22)9-12)27-11-13-5-3-4-6-16(13)23/h3-6,8-10H,2,7,11H2,1H3/b17-10+. The molecule has 8 heteroatoms. The number of nitrogens with zero attached hydrogens (tertiary/aromatic N) is 1. The van der Waals surface area contributed by atoms with E-state index in [2.05, 4.69) is 0 Å². The highest BCUT2D eigenvalue weighted by Gasteiger charge is 2.34. The van der Waals surface area contributed by atoms with Crippen LogP contribution >= 0.6 is 35.0 Å². The van der Waals surface area contributed by atoms with Gasteiger partial charge in [0.1, 0.15) is 12.4 Å². The van der Waals surface area contributed by atoms with Crippen LogP contribution < -0.4 is 4.74 Å². The third-order valence-electron chi connectivity index (χ3n) is 3.97. The molecule has 1 aliphatic heterocycles. The monoisotopic (exact) mass is 439 g/mol. The maximum Gasteiger partial charge on any atom is 0.293 e. The average Bonchev–Trinajstić information content (AvgIpc) is 2.90. The number of hydrogen-bond donors (Lipinski definition) is 0. The maximum atomic E-state index is 13.7. The minimum Gasteiger partial charge on any atom is -0.486 e. The van der Waals surface area contributed by atoms with Gasteiger partial charge in [-0.1, -0.05) is 48.3 Å². The number of imide groups is 1. The summed E-state index contributed by atoms with van der Waals surface area (Å²) in [4.78, 5) is 25.8. The number of benzene rings is 2. The van der Waals surface area contributed by atoms with Crippen molar-refractivity contribution >= 4 is 52.2 Å². The SMILES string of the molecule is CCCN1C(=O)S/C(=C/c2cc(Cl)c(OCc3ccccc3F)c(Cl)c2)C1=O. The Morgan fingerprint density at radius 2 is 1.86 bits per heavy atom. The van der Waals surface area contributed by atoms with Crippen molar-refractivity contribution in [2.75, 3.05) is 6.54 Å². The van der Waals surface area contributed by atoms with Gasteiger partial charge in [0.2, 0.25) is 0 Å². The van der Waals surface area contributed by atoms with E-state index >= 15 is 0 Å². The van der Waals surface area contributed by atoms with E-state index < -0.39 is 0 Å². The Bertz CT molecular complexity index is 941. The zero-order chi connectivity index (χ0) is 20.3. The lowest BCUT2D eigenvalue weighted by atomic mass is 10.2. The quantitative estimate of drug-likeness (QED) is 0.505. The van der Waals surface area contributed by atoms with E-state index in [0.29, 0.717) is 29.0 Å².